The maximum atomic E-state index is 12.8. The highest BCUT2D eigenvalue weighted by atomic mass is 35.5. The number of rotatable bonds is 12. The molecule has 0 spiro atoms. The molecule has 2 heterocycles. The Morgan fingerprint density at radius 2 is 1.90 bits per heavy atom. The summed E-state index contributed by atoms with van der Waals surface area (Å²) >= 11 is 6.35. The Morgan fingerprint density at radius 3 is 2.46 bits per heavy atom. The number of benzene rings is 1. The lowest BCUT2D eigenvalue weighted by atomic mass is 9.89. The van der Waals surface area contributed by atoms with Gasteiger partial charge >= 0.3 is 0 Å². The van der Waals surface area contributed by atoms with Gasteiger partial charge in [0.15, 0.2) is 20.7 Å². The molecule has 1 saturated heterocycles. The first-order valence-electron chi connectivity index (χ1n) is 13.0. The summed E-state index contributed by atoms with van der Waals surface area (Å²) in [6, 6.07) is 3.81. The van der Waals surface area contributed by atoms with Crippen LogP contribution in [0, 0.1) is 12.8 Å². The van der Waals surface area contributed by atoms with E-state index in [0.29, 0.717) is 24.5 Å². The number of aliphatic imine (C=N–C) groups is 1. The van der Waals surface area contributed by atoms with Crippen LogP contribution in [0.15, 0.2) is 34.0 Å². The second-order valence-corrected chi connectivity index (χ2v) is 15.0. The van der Waals surface area contributed by atoms with E-state index in [1.807, 2.05) is 32.9 Å². The van der Waals surface area contributed by atoms with Gasteiger partial charge in [-0.25, -0.2) is 26.1 Å². The van der Waals surface area contributed by atoms with Crippen LogP contribution in [0.25, 0.3) is 0 Å². The summed E-state index contributed by atoms with van der Waals surface area (Å²) in [7, 11) is -5.51. The van der Waals surface area contributed by atoms with Crippen LogP contribution in [0.5, 0.6) is 5.75 Å². The van der Waals surface area contributed by atoms with Gasteiger partial charge in [-0.1, -0.05) is 25.4 Å². The molecule has 0 unspecified atom stereocenters. The molecule has 1 aromatic carbocycles. The molecule has 0 aliphatic carbocycles. The fraction of sp³-hybridized carbons (Fsp3) is 0.500. The van der Waals surface area contributed by atoms with Gasteiger partial charge in [0.2, 0.25) is 16.0 Å². The predicted molar refractivity (Wildman–Crippen MR) is 164 cm³/mol. The van der Waals surface area contributed by atoms with Crippen LogP contribution in [0.3, 0.4) is 0 Å². The molecule has 2 aromatic rings. The number of hydrogen-bond donors (Lipinski definition) is 3. The number of sulfone groups is 1. The Hall–Kier alpha value is -2.94. The molecule has 1 aliphatic heterocycles. The highest BCUT2D eigenvalue weighted by Crippen LogP contribution is 2.38. The first-order chi connectivity index (χ1) is 19.0. The normalized spacial score (nSPS) is 15.8. The zero-order valence-corrected chi connectivity index (χ0v) is 26.7. The van der Waals surface area contributed by atoms with E-state index >= 15 is 0 Å². The second-order valence-electron chi connectivity index (χ2n) is 10.6. The smallest absolute Gasteiger partial charge is 0.229 e. The molecular weight excluding hydrogens is 590 g/mol. The van der Waals surface area contributed by atoms with Crippen molar-refractivity contribution < 1.29 is 21.6 Å². The average molecular weight is 628 g/mol. The van der Waals surface area contributed by atoms with E-state index in [4.69, 9.17) is 22.1 Å². The van der Waals surface area contributed by atoms with Gasteiger partial charge < -0.3 is 21.1 Å². The number of aryl methyl sites for hydroxylation is 1. The third-order valence-electron chi connectivity index (χ3n) is 6.14. The standard InChI is InChI=1S/C26H38ClN7O5S2/c1-15(2)14-41(37,38)24(28)22(11-29-6)31-25-20(27)10-30-26(33-25)32-21-8-17(5)19(9-23(21)39-16(3)4)18-12-34(13-18)40(7,35)36/h8-11,15-16,18H,12-14,28H2,1-7H3,(H2,30,31,32,33). The first kappa shape index (κ1) is 32.6. The lowest BCUT2D eigenvalue weighted by molar-refractivity contribution is 0.241. The van der Waals surface area contributed by atoms with Crippen LogP contribution in [-0.2, 0) is 19.9 Å². The number of ether oxygens (including phenoxy) is 1. The van der Waals surface area contributed by atoms with Gasteiger partial charge in [0.25, 0.3) is 0 Å². The van der Waals surface area contributed by atoms with E-state index in [0.717, 1.165) is 11.1 Å². The van der Waals surface area contributed by atoms with E-state index in [1.165, 1.54) is 30.0 Å². The van der Waals surface area contributed by atoms with Crippen molar-refractivity contribution in [3.05, 3.63) is 45.2 Å². The fourth-order valence-corrected chi connectivity index (χ4v) is 6.78. The lowest BCUT2D eigenvalue weighted by Crippen LogP contribution is -2.48. The average Bonchev–Trinajstić information content (AvgIpc) is 2.80. The van der Waals surface area contributed by atoms with Crippen LogP contribution in [0.2, 0.25) is 5.02 Å². The number of nitrogens with zero attached hydrogens (tertiary/aromatic N) is 4. The van der Waals surface area contributed by atoms with E-state index in [2.05, 4.69) is 25.6 Å². The van der Waals surface area contributed by atoms with Crippen LogP contribution in [0.1, 0.15) is 44.7 Å². The summed E-state index contributed by atoms with van der Waals surface area (Å²) in [5.74, 6) is 0.634. The molecule has 0 atom stereocenters. The minimum absolute atomic E-state index is 0.0346. The molecule has 12 nitrogen and oxygen atoms in total. The number of sulfonamides is 1. The fourth-order valence-electron chi connectivity index (χ4n) is 4.24. The highest BCUT2D eigenvalue weighted by molar-refractivity contribution is 7.95. The number of hydrogen-bond acceptors (Lipinski definition) is 11. The van der Waals surface area contributed by atoms with E-state index in [9.17, 15) is 16.8 Å². The van der Waals surface area contributed by atoms with Gasteiger partial charge in [0.1, 0.15) is 10.8 Å². The van der Waals surface area contributed by atoms with Crippen molar-refractivity contribution >= 4 is 55.1 Å². The van der Waals surface area contributed by atoms with Crippen molar-refractivity contribution in [1.29, 1.82) is 0 Å². The number of allylic oxidation sites excluding steroid dienone is 1. The summed E-state index contributed by atoms with van der Waals surface area (Å²) in [6.45, 7) is 10.1. The van der Waals surface area contributed by atoms with Gasteiger partial charge in [-0.15, -0.1) is 0 Å². The summed E-state index contributed by atoms with van der Waals surface area (Å²) in [5.41, 5.74) is 8.62. The van der Waals surface area contributed by atoms with Gasteiger partial charge in [0, 0.05) is 32.3 Å². The van der Waals surface area contributed by atoms with Crippen LogP contribution in [0.4, 0.5) is 17.5 Å². The molecule has 3 rings (SSSR count). The minimum Gasteiger partial charge on any atom is -0.489 e. The SMILES string of the molecule is CN=CC(Nc1nc(Nc2cc(C)c(C3CN(S(C)(=O)=O)C3)cc2OC(C)C)ncc1Cl)=C(N)S(=O)(=O)CC(C)C. The van der Waals surface area contributed by atoms with Crippen LogP contribution >= 0.6 is 11.6 Å². The van der Waals surface area contributed by atoms with E-state index in [1.54, 1.807) is 13.8 Å². The molecule has 0 saturated carbocycles. The number of nitrogens with two attached hydrogens (primary N) is 1. The Bertz CT molecular complexity index is 1550. The minimum atomic E-state index is -3.77. The molecule has 0 amide bonds. The topological polar surface area (TPSA) is 169 Å². The zero-order chi connectivity index (χ0) is 30.7. The third-order valence-corrected chi connectivity index (χ3v) is 9.65. The Labute approximate surface area is 247 Å². The molecule has 1 aliphatic rings. The summed E-state index contributed by atoms with van der Waals surface area (Å²) in [5, 5.41) is 5.81. The molecule has 226 valence electrons. The molecule has 1 fully saturated rings. The Kier molecular flexibility index (Phi) is 10.3. The largest absolute Gasteiger partial charge is 0.489 e. The molecule has 0 radical (unpaired) electrons. The maximum absolute atomic E-state index is 12.8. The summed E-state index contributed by atoms with van der Waals surface area (Å²) in [6.07, 6.45) is 3.73. The van der Waals surface area contributed by atoms with Gasteiger partial charge in [-0.3, -0.25) is 4.99 Å². The second kappa shape index (κ2) is 12.9. The van der Waals surface area contributed by atoms with E-state index < -0.39 is 19.9 Å². The van der Waals surface area contributed by atoms with Gasteiger partial charge in [0.05, 0.1) is 35.7 Å². The quantitative estimate of drug-likeness (QED) is 0.295. The number of halogens is 1. The summed E-state index contributed by atoms with van der Waals surface area (Å²) < 4.78 is 56.7. The van der Waals surface area contributed by atoms with Crippen molar-refractivity contribution in [3.8, 4) is 5.75 Å². The van der Waals surface area contributed by atoms with Crippen LogP contribution < -0.4 is 21.1 Å². The molecule has 15 heteroatoms. The van der Waals surface area contributed by atoms with Crippen molar-refractivity contribution in [2.45, 2.75) is 46.6 Å². The molecule has 0 bridgehead atoms. The third kappa shape index (κ3) is 8.31. The molecule has 41 heavy (non-hydrogen) atoms. The number of anilines is 3. The molecule has 4 N–H and O–H groups in total. The first-order valence-corrected chi connectivity index (χ1v) is 16.9. The van der Waals surface area contributed by atoms with Crippen molar-refractivity contribution in [2.75, 3.05) is 42.8 Å². The monoisotopic (exact) mass is 627 g/mol. The van der Waals surface area contributed by atoms with Crippen LogP contribution in [-0.4, -0.2) is 75.6 Å². The molecule has 1 aromatic heterocycles. The zero-order valence-electron chi connectivity index (χ0n) is 24.3. The maximum Gasteiger partial charge on any atom is 0.229 e. The lowest BCUT2D eigenvalue weighted by Gasteiger charge is -2.38. The van der Waals surface area contributed by atoms with Gasteiger partial charge in [-0.2, -0.15) is 4.98 Å². The summed E-state index contributed by atoms with van der Waals surface area (Å²) in [4.78, 5) is 12.6. The molecular formula is C26H38ClN7O5S2. The number of nitrogens with one attached hydrogen (secondary N) is 2. The van der Waals surface area contributed by atoms with Crippen molar-refractivity contribution in [1.82, 2.24) is 14.3 Å². The number of aromatic nitrogens is 2. The van der Waals surface area contributed by atoms with Gasteiger partial charge in [-0.05, 0) is 49.9 Å². The highest BCUT2D eigenvalue weighted by Gasteiger charge is 2.35. The van der Waals surface area contributed by atoms with E-state index in [-0.39, 0.29) is 51.2 Å². The Balaban J connectivity index is 1.95. The predicted octanol–water partition coefficient (Wildman–Crippen LogP) is 3.64. The Morgan fingerprint density at radius 1 is 1.24 bits per heavy atom. The van der Waals surface area contributed by atoms with Crippen molar-refractivity contribution in [2.24, 2.45) is 16.6 Å². The van der Waals surface area contributed by atoms with Crippen molar-refractivity contribution in [3.63, 3.8) is 0 Å².